The van der Waals surface area contributed by atoms with E-state index in [9.17, 15) is 0 Å². The molecule has 0 spiro atoms. The minimum absolute atomic E-state index is 0.446. The molecule has 1 unspecified atom stereocenters. The second kappa shape index (κ2) is 7.31. The molecule has 4 heteroatoms. The van der Waals surface area contributed by atoms with Gasteiger partial charge in [-0.05, 0) is 42.5 Å². The quantitative estimate of drug-likeness (QED) is 0.847. The number of hydrogen-bond donors (Lipinski definition) is 1. The second-order valence-electron chi connectivity index (χ2n) is 4.75. The lowest BCUT2D eigenvalue weighted by atomic mass is 10.1. The van der Waals surface area contributed by atoms with Gasteiger partial charge in [0.1, 0.15) is 0 Å². The molecule has 20 heavy (non-hydrogen) atoms. The summed E-state index contributed by atoms with van der Waals surface area (Å²) in [5, 5.41) is 5.66. The summed E-state index contributed by atoms with van der Waals surface area (Å²) in [4.78, 5) is 1.41. The van der Waals surface area contributed by atoms with E-state index in [1.165, 1.54) is 10.4 Å². The average Bonchev–Trinajstić information content (AvgIpc) is 2.97. The molecule has 3 nitrogen and oxygen atoms in total. The number of hydrogen-bond acceptors (Lipinski definition) is 4. The molecular weight excluding hydrogens is 270 g/mol. The molecule has 0 radical (unpaired) electrons. The number of rotatable bonds is 7. The third kappa shape index (κ3) is 3.99. The third-order valence-electron chi connectivity index (χ3n) is 3.19. The maximum Gasteiger partial charge on any atom is 0.161 e. The maximum atomic E-state index is 5.32. The standard InChI is InChI=1S/C16H21NO2S/c1-12(9-14-5-4-8-20-14)17-11-13-6-7-15(18-2)16(10-13)19-3/h4-8,10,12,17H,9,11H2,1-3H3. The molecule has 0 saturated carbocycles. The highest BCUT2D eigenvalue weighted by Gasteiger charge is 2.07. The SMILES string of the molecule is COc1ccc(CNC(C)Cc2cccs2)cc1OC. The lowest BCUT2D eigenvalue weighted by Gasteiger charge is -2.14. The molecule has 0 bridgehead atoms. The Hall–Kier alpha value is -1.52. The topological polar surface area (TPSA) is 30.5 Å². The summed E-state index contributed by atoms with van der Waals surface area (Å²) in [5.41, 5.74) is 1.20. The fraction of sp³-hybridized carbons (Fsp3) is 0.375. The van der Waals surface area contributed by atoms with Crippen molar-refractivity contribution in [2.45, 2.75) is 25.9 Å². The van der Waals surface area contributed by atoms with Gasteiger partial charge in [-0.3, -0.25) is 0 Å². The van der Waals surface area contributed by atoms with Gasteiger partial charge in [0.15, 0.2) is 11.5 Å². The summed E-state index contributed by atoms with van der Waals surface area (Å²) in [6.45, 7) is 3.04. The minimum atomic E-state index is 0.446. The van der Waals surface area contributed by atoms with E-state index in [0.29, 0.717) is 6.04 Å². The summed E-state index contributed by atoms with van der Waals surface area (Å²) in [6, 6.07) is 10.7. The van der Waals surface area contributed by atoms with Gasteiger partial charge >= 0.3 is 0 Å². The lowest BCUT2D eigenvalue weighted by Crippen LogP contribution is -2.27. The first-order valence-corrected chi connectivity index (χ1v) is 7.57. The molecule has 0 fully saturated rings. The summed E-state index contributed by atoms with van der Waals surface area (Å²) < 4.78 is 10.6. The predicted molar refractivity (Wildman–Crippen MR) is 83.9 cm³/mol. The van der Waals surface area contributed by atoms with Crippen LogP contribution >= 0.6 is 11.3 Å². The molecule has 1 heterocycles. The molecule has 0 amide bonds. The molecule has 2 rings (SSSR count). The van der Waals surface area contributed by atoms with Crippen LogP contribution in [0.2, 0.25) is 0 Å². The van der Waals surface area contributed by atoms with E-state index in [2.05, 4.69) is 35.8 Å². The Balaban J connectivity index is 1.90. The molecule has 1 aromatic carbocycles. The van der Waals surface area contributed by atoms with Crippen molar-refractivity contribution in [1.29, 1.82) is 0 Å². The van der Waals surface area contributed by atoms with Crippen LogP contribution in [0.3, 0.4) is 0 Å². The Morgan fingerprint density at radius 3 is 2.60 bits per heavy atom. The first-order valence-electron chi connectivity index (χ1n) is 6.69. The Bertz CT molecular complexity index is 525. The predicted octanol–water partition coefficient (Wildman–Crippen LogP) is 3.49. The van der Waals surface area contributed by atoms with Crippen LogP contribution in [-0.2, 0) is 13.0 Å². The monoisotopic (exact) mass is 291 g/mol. The van der Waals surface area contributed by atoms with E-state index in [0.717, 1.165) is 24.5 Å². The number of benzene rings is 1. The number of methoxy groups -OCH3 is 2. The number of nitrogens with one attached hydrogen (secondary N) is 1. The highest BCUT2D eigenvalue weighted by molar-refractivity contribution is 7.09. The summed E-state index contributed by atoms with van der Waals surface area (Å²) in [5.74, 6) is 1.54. The van der Waals surface area contributed by atoms with Gasteiger partial charge in [-0.15, -0.1) is 11.3 Å². The highest BCUT2D eigenvalue weighted by atomic mass is 32.1. The van der Waals surface area contributed by atoms with Crippen LogP contribution in [0, 0.1) is 0 Å². The van der Waals surface area contributed by atoms with Crippen molar-refractivity contribution in [2.75, 3.05) is 14.2 Å². The first kappa shape index (κ1) is 14.9. The Kier molecular flexibility index (Phi) is 5.44. The van der Waals surface area contributed by atoms with E-state index >= 15 is 0 Å². The fourth-order valence-corrected chi connectivity index (χ4v) is 2.92. The van der Waals surface area contributed by atoms with Crippen molar-refractivity contribution < 1.29 is 9.47 Å². The Labute approximate surface area is 124 Å². The van der Waals surface area contributed by atoms with Crippen molar-refractivity contribution in [1.82, 2.24) is 5.32 Å². The van der Waals surface area contributed by atoms with E-state index < -0.39 is 0 Å². The van der Waals surface area contributed by atoms with Gasteiger partial charge in [-0.2, -0.15) is 0 Å². The zero-order valence-corrected chi connectivity index (χ0v) is 13.0. The zero-order valence-electron chi connectivity index (χ0n) is 12.2. The van der Waals surface area contributed by atoms with Gasteiger partial charge in [0.25, 0.3) is 0 Å². The van der Waals surface area contributed by atoms with Gasteiger partial charge in [-0.1, -0.05) is 12.1 Å². The minimum Gasteiger partial charge on any atom is -0.493 e. The summed E-state index contributed by atoms with van der Waals surface area (Å²) in [7, 11) is 3.31. The average molecular weight is 291 g/mol. The zero-order chi connectivity index (χ0) is 14.4. The fourth-order valence-electron chi connectivity index (χ4n) is 2.09. The Morgan fingerprint density at radius 1 is 1.15 bits per heavy atom. The Morgan fingerprint density at radius 2 is 1.95 bits per heavy atom. The van der Waals surface area contributed by atoms with Crippen LogP contribution in [0.15, 0.2) is 35.7 Å². The molecule has 0 aliphatic heterocycles. The van der Waals surface area contributed by atoms with Gasteiger partial charge in [0.05, 0.1) is 14.2 Å². The van der Waals surface area contributed by atoms with Crippen LogP contribution in [-0.4, -0.2) is 20.3 Å². The van der Waals surface area contributed by atoms with Crippen molar-refractivity contribution in [3.63, 3.8) is 0 Å². The highest BCUT2D eigenvalue weighted by Crippen LogP contribution is 2.27. The van der Waals surface area contributed by atoms with Crippen molar-refractivity contribution >= 4 is 11.3 Å². The van der Waals surface area contributed by atoms with Crippen LogP contribution < -0.4 is 14.8 Å². The normalized spacial score (nSPS) is 12.2. The number of thiophene rings is 1. The number of ether oxygens (including phenoxy) is 2. The summed E-state index contributed by atoms with van der Waals surface area (Å²) >= 11 is 1.81. The van der Waals surface area contributed by atoms with Gasteiger partial charge in [-0.25, -0.2) is 0 Å². The van der Waals surface area contributed by atoms with Crippen LogP contribution in [0.4, 0.5) is 0 Å². The van der Waals surface area contributed by atoms with Crippen LogP contribution in [0.5, 0.6) is 11.5 Å². The third-order valence-corrected chi connectivity index (χ3v) is 4.09. The smallest absolute Gasteiger partial charge is 0.161 e. The van der Waals surface area contributed by atoms with Gasteiger partial charge in [0, 0.05) is 17.5 Å². The molecular formula is C16H21NO2S. The van der Waals surface area contributed by atoms with Gasteiger partial charge < -0.3 is 14.8 Å². The van der Waals surface area contributed by atoms with Crippen molar-refractivity contribution in [3.05, 3.63) is 46.2 Å². The van der Waals surface area contributed by atoms with E-state index in [1.807, 2.05) is 23.5 Å². The lowest BCUT2D eigenvalue weighted by molar-refractivity contribution is 0.354. The second-order valence-corrected chi connectivity index (χ2v) is 5.79. The molecule has 108 valence electrons. The van der Waals surface area contributed by atoms with Crippen LogP contribution in [0.1, 0.15) is 17.4 Å². The molecule has 1 atom stereocenters. The van der Waals surface area contributed by atoms with E-state index in [-0.39, 0.29) is 0 Å². The van der Waals surface area contributed by atoms with E-state index in [1.54, 1.807) is 14.2 Å². The van der Waals surface area contributed by atoms with Gasteiger partial charge in [0.2, 0.25) is 0 Å². The summed E-state index contributed by atoms with van der Waals surface area (Å²) in [6.07, 6.45) is 1.06. The molecule has 1 aromatic heterocycles. The van der Waals surface area contributed by atoms with Crippen molar-refractivity contribution in [3.8, 4) is 11.5 Å². The maximum absolute atomic E-state index is 5.32. The molecule has 1 N–H and O–H groups in total. The molecule has 0 saturated heterocycles. The first-order chi connectivity index (χ1) is 9.72. The molecule has 0 aliphatic carbocycles. The largest absolute Gasteiger partial charge is 0.493 e. The molecule has 0 aliphatic rings. The van der Waals surface area contributed by atoms with Crippen molar-refractivity contribution in [2.24, 2.45) is 0 Å². The van der Waals surface area contributed by atoms with Crippen LogP contribution in [0.25, 0.3) is 0 Å². The molecule has 2 aromatic rings. The van der Waals surface area contributed by atoms with E-state index in [4.69, 9.17) is 9.47 Å².